The second-order valence-corrected chi connectivity index (χ2v) is 6.75. The summed E-state index contributed by atoms with van der Waals surface area (Å²) in [5.41, 5.74) is 0.225. The molecule has 0 aromatic heterocycles. The molecule has 0 unspecified atom stereocenters. The molecule has 0 radical (unpaired) electrons. The van der Waals surface area contributed by atoms with Crippen molar-refractivity contribution in [3.8, 4) is 5.75 Å². The largest absolute Gasteiger partial charge is 0.413 e. The topological polar surface area (TPSA) is 55.4 Å². The van der Waals surface area contributed by atoms with E-state index >= 15 is 0 Å². The van der Waals surface area contributed by atoms with Gasteiger partial charge in [0.05, 0.1) is 0 Å². The van der Waals surface area contributed by atoms with E-state index in [1.54, 1.807) is 18.2 Å². The average molecular weight is 312 g/mol. The first-order valence-corrected chi connectivity index (χ1v) is 7.27. The number of ether oxygens (including phenoxy) is 1. The first kappa shape index (κ1) is 17.5. The second kappa shape index (κ2) is 6.94. The maximum atomic E-state index is 11.9. The fraction of sp³-hybridized carbons (Fsp3) is 0.500. The zero-order valence-corrected chi connectivity index (χ0v) is 13.9. The summed E-state index contributed by atoms with van der Waals surface area (Å²) in [5.74, 6) is 0.341. The van der Waals surface area contributed by atoms with Crippen LogP contribution in [0.1, 0.15) is 40.2 Å². The zero-order chi connectivity index (χ0) is 16.2. The Morgan fingerprint density at radius 3 is 2.43 bits per heavy atom. The van der Waals surface area contributed by atoms with E-state index in [1.165, 1.54) is 0 Å². The van der Waals surface area contributed by atoms with E-state index in [2.05, 4.69) is 5.32 Å². The number of ketones is 1. The quantitative estimate of drug-likeness (QED) is 0.914. The van der Waals surface area contributed by atoms with E-state index < -0.39 is 11.6 Å². The molecular formula is C16H22ClNO3. The van der Waals surface area contributed by atoms with Crippen molar-refractivity contribution < 1.29 is 14.3 Å². The van der Waals surface area contributed by atoms with Gasteiger partial charge in [-0.05, 0) is 39.0 Å². The summed E-state index contributed by atoms with van der Waals surface area (Å²) in [6.07, 6.45) is -0.362. The van der Waals surface area contributed by atoms with Gasteiger partial charge in [-0.1, -0.05) is 25.4 Å². The predicted octanol–water partition coefficient (Wildman–Crippen LogP) is 3.99. The van der Waals surface area contributed by atoms with Gasteiger partial charge in [-0.2, -0.15) is 0 Å². The summed E-state index contributed by atoms with van der Waals surface area (Å²) in [6.45, 7) is 9.25. The Kier molecular flexibility index (Phi) is 5.78. The molecule has 5 heteroatoms. The molecule has 1 rings (SSSR count). The molecule has 1 N–H and O–H groups in total. The number of Topliss-reactive ketones (excluding diaryl/α,β-unsaturated/α-hetero) is 1. The highest BCUT2D eigenvalue weighted by molar-refractivity contribution is 6.30. The first-order valence-electron chi connectivity index (χ1n) is 6.89. The number of rotatable bonds is 4. The predicted molar refractivity (Wildman–Crippen MR) is 83.9 cm³/mol. The van der Waals surface area contributed by atoms with Gasteiger partial charge in [-0.15, -0.1) is 0 Å². The fourth-order valence-corrected chi connectivity index (χ4v) is 1.80. The molecule has 21 heavy (non-hydrogen) atoms. The van der Waals surface area contributed by atoms with Gasteiger partial charge in [0.1, 0.15) is 11.5 Å². The lowest BCUT2D eigenvalue weighted by Gasteiger charge is -2.20. The highest BCUT2D eigenvalue weighted by Crippen LogP contribution is 2.24. The van der Waals surface area contributed by atoms with Gasteiger partial charge in [-0.25, -0.2) is 4.79 Å². The molecule has 0 aliphatic heterocycles. The van der Waals surface area contributed by atoms with Crippen molar-refractivity contribution in [2.45, 2.75) is 46.6 Å². The Labute approximate surface area is 130 Å². The van der Waals surface area contributed by atoms with Crippen LogP contribution in [0.3, 0.4) is 0 Å². The third-order valence-electron chi connectivity index (χ3n) is 2.71. The van der Waals surface area contributed by atoms with Crippen LogP contribution < -0.4 is 10.1 Å². The Hall–Kier alpha value is -1.55. The van der Waals surface area contributed by atoms with Crippen LogP contribution in [0.2, 0.25) is 5.02 Å². The summed E-state index contributed by atoms with van der Waals surface area (Å²) < 4.78 is 5.30. The van der Waals surface area contributed by atoms with Gasteiger partial charge in [0.2, 0.25) is 0 Å². The van der Waals surface area contributed by atoms with E-state index in [0.717, 1.165) is 0 Å². The summed E-state index contributed by atoms with van der Waals surface area (Å²) in [7, 11) is 0. The highest BCUT2D eigenvalue weighted by atomic mass is 35.5. The van der Waals surface area contributed by atoms with E-state index in [4.69, 9.17) is 16.3 Å². The Bertz CT molecular complexity index is 533. The summed E-state index contributed by atoms with van der Waals surface area (Å²) in [6, 6.07) is 4.89. The van der Waals surface area contributed by atoms with E-state index in [0.29, 0.717) is 16.3 Å². The standard InChI is InChI=1S/C16H22ClNO3/c1-10(2)13(19)9-11-8-12(17)6-7-14(11)21-15(20)18-16(3,4)5/h6-8,10H,9H2,1-5H3,(H,18,20). The smallest absolute Gasteiger partial charge is 0.410 e. The van der Waals surface area contributed by atoms with Crippen LogP contribution in [0.5, 0.6) is 5.75 Å². The van der Waals surface area contributed by atoms with Crippen molar-refractivity contribution in [2.75, 3.05) is 0 Å². The molecule has 0 spiro atoms. The number of nitrogens with one attached hydrogen (secondary N) is 1. The van der Waals surface area contributed by atoms with E-state index in [-0.39, 0.29) is 18.1 Å². The number of carbonyl (C=O) groups excluding carboxylic acids is 2. The third-order valence-corrected chi connectivity index (χ3v) is 2.95. The van der Waals surface area contributed by atoms with Crippen LogP contribution in [0, 0.1) is 5.92 Å². The van der Waals surface area contributed by atoms with E-state index in [9.17, 15) is 9.59 Å². The molecule has 0 heterocycles. The highest BCUT2D eigenvalue weighted by Gasteiger charge is 2.18. The lowest BCUT2D eigenvalue weighted by Crippen LogP contribution is -2.42. The monoisotopic (exact) mass is 311 g/mol. The zero-order valence-electron chi connectivity index (χ0n) is 13.1. The third kappa shape index (κ3) is 6.17. The normalized spacial score (nSPS) is 11.4. The van der Waals surface area contributed by atoms with Crippen LogP contribution in [0.15, 0.2) is 18.2 Å². The molecule has 1 aromatic carbocycles. The number of hydrogen-bond donors (Lipinski definition) is 1. The minimum absolute atomic E-state index is 0.0679. The minimum Gasteiger partial charge on any atom is -0.410 e. The Morgan fingerprint density at radius 2 is 1.90 bits per heavy atom. The SMILES string of the molecule is CC(C)C(=O)Cc1cc(Cl)ccc1OC(=O)NC(C)(C)C. The van der Waals surface area contributed by atoms with Crippen molar-refractivity contribution in [2.24, 2.45) is 5.92 Å². The second-order valence-electron chi connectivity index (χ2n) is 6.31. The molecule has 116 valence electrons. The summed E-state index contributed by atoms with van der Waals surface area (Å²) in [4.78, 5) is 23.7. The molecule has 0 aliphatic rings. The van der Waals surface area contributed by atoms with Crippen molar-refractivity contribution in [3.63, 3.8) is 0 Å². The van der Waals surface area contributed by atoms with Crippen LogP contribution in [-0.2, 0) is 11.2 Å². The average Bonchev–Trinajstić information content (AvgIpc) is 2.30. The van der Waals surface area contributed by atoms with Crippen LogP contribution in [0.25, 0.3) is 0 Å². The summed E-state index contributed by atoms with van der Waals surface area (Å²) in [5, 5.41) is 3.21. The number of amides is 1. The van der Waals surface area contributed by atoms with Crippen LogP contribution in [-0.4, -0.2) is 17.4 Å². The number of carbonyl (C=O) groups is 2. The number of halogens is 1. The van der Waals surface area contributed by atoms with Crippen molar-refractivity contribution in [1.82, 2.24) is 5.32 Å². The fourth-order valence-electron chi connectivity index (χ4n) is 1.61. The van der Waals surface area contributed by atoms with Crippen molar-refractivity contribution >= 4 is 23.5 Å². The molecule has 0 saturated heterocycles. The van der Waals surface area contributed by atoms with Crippen LogP contribution >= 0.6 is 11.6 Å². The van der Waals surface area contributed by atoms with Gasteiger partial charge in [-0.3, -0.25) is 4.79 Å². The van der Waals surface area contributed by atoms with Crippen molar-refractivity contribution in [3.05, 3.63) is 28.8 Å². The molecule has 0 saturated carbocycles. The Morgan fingerprint density at radius 1 is 1.29 bits per heavy atom. The van der Waals surface area contributed by atoms with Crippen LogP contribution in [0.4, 0.5) is 4.79 Å². The number of benzene rings is 1. The lowest BCUT2D eigenvalue weighted by atomic mass is 10.0. The molecule has 4 nitrogen and oxygen atoms in total. The summed E-state index contributed by atoms with van der Waals surface area (Å²) >= 11 is 5.96. The van der Waals surface area contributed by atoms with E-state index in [1.807, 2.05) is 34.6 Å². The van der Waals surface area contributed by atoms with Gasteiger partial charge < -0.3 is 10.1 Å². The molecular weight excluding hydrogens is 290 g/mol. The van der Waals surface area contributed by atoms with Gasteiger partial charge in [0.25, 0.3) is 0 Å². The minimum atomic E-state index is -0.553. The maximum absolute atomic E-state index is 11.9. The van der Waals surface area contributed by atoms with Crippen molar-refractivity contribution in [1.29, 1.82) is 0 Å². The molecule has 0 atom stereocenters. The molecule has 0 bridgehead atoms. The molecule has 1 amide bonds. The van der Waals surface area contributed by atoms with Gasteiger partial charge in [0, 0.05) is 28.5 Å². The van der Waals surface area contributed by atoms with Gasteiger partial charge in [0.15, 0.2) is 0 Å². The molecule has 0 fully saturated rings. The first-order chi connectivity index (χ1) is 9.58. The molecule has 1 aromatic rings. The Balaban J connectivity index is 2.91. The van der Waals surface area contributed by atoms with Gasteiger partial charge >= 0.3 is 6.09 Å². The number of hydrogen-bond acceptors (Lipinski definition) is 3. The molecule has 0 aliphatic carbocycles. The maximum Gasteiger partial charge on any atom is 0.413 e. The lowest BCUT2D eigenvalue weighted by molar-refractivity contribution is -0.121.